The molecule has 0 aliphatic carbocycles. The second kappa shape index (κ2) is 5.99. The van der Waals surface area contributed by atoms with Crippen molar-refractivity contribution in [1.29, 1.82) is 0 Å². The van der Waals surface area contributed by atoms with Gasteiger partial charge in [0.05, 0.1) is 12.7 Å². The van der Waals surface area contributed by atoms with Crippen molar-refractivity contribution in [2.45, 2.75) is 33.6 Å². The van der Waals surface area contributed by atoms with Gasteiger partial charge in [0.1, 0.15) is 11.5 Å². The predicted octanol–water partition coefficient (Wildman–Crippen LogP) is 3.83. The number of nitrogens with two attached hydrogens (primary N) is 1. The number of anilines is 1. The standard InChI is InChI=1S/C16H22N2O2/c1-5-10(2)8-14-15(16(17)18-20-14)12-7-6-11(3)13(9-12)19-4/h6-7,9-10H,5,8H2,1-4H3,(H2,17,18). The Kier molecular flexibility index (Phi) is 4.32. The van der Waals surface area contributed by atoms with Gasteiger partial charge >= 0.3 is 0 Å². The van der Waals surface area contributed by atoms with E-state index in [2.05, 4.69) is 19.0 Å². The zero-order valence-electron chi connectivity index (χ0n) is 12.6. The van der Waals surface area contributed by atoms with Crippen LogP contribution in [0.2, 0.25) is 0 Å². The number of rotatable bonds is 5. The lowest BCUT2D eigenvalue weighted by molar-refractivity contribution is 0.364. The Bertz CT molecular complexity index is 590. The van der Waals surface area contributed by atoms with Crippen molar-refractivity contribution >= 4 is 5.82 Å². The zero-order chi connectivity index (χ0) is 14.7. The van der Waals surface area contributed by atoms with Crippen LogP contribution in [0.4, 0.5) is 5.82 Å². The molecule has 4 nitrogen and oxygen atoms in total. The first-order chi connectivity index (χ1) is 9.56. The summed E-state index contributed by atoms with van der Waals surface area (Å²) in [7, 11) is 1.67. The van der Waals surface area contributed by atoms with Gasteiger partial charge in [0.15, 0.2) is 5.82 Å². The zero-order valence-corrected chi connectivity index (χ0v) is 12.6. The summed E-state index contributed by atoms with van der Waals surface area (Å²) in [5.74, 6) is 2.67. The molecule has 1 aromatic carbocycles. The lowest BCUT2D eigenvalue weighted by atomic mass is 9.97. The van der Waals surface area contributed by atoms with Crippen LogP contribution in [0, 0.1) is 12.8 Å². The van der Waals surface area contributed by atoms with E-state index < -0.39 is 0 Å². The monoisotopic (exact) mass is 274 g/mol. The van der Waals surface area contributed by atoms with Crippen LogP contribution in [0.15, 0.2) is 22.7 Å². The molecule has 1 atom stereocenters. The summed E-state index contributed by atoms with van der Waals surface area (Å²) < 4.78 is 10.8. The van der Waals surface area contributed by atoms with Crippen LogP contribution in [0.5, 0.6) is 5.75 Å². The summed E-state index contributed by atoms with van der Waals surface area (Å²) in [6.07, 6.45) is 1.93. The average Bonchev–Trinajstić information content (AvgIpc) is 2.80. The molecule has 2 aromatic rings. The van der Waals surface area contributed by atoms with E-state index in [9.17, 15) is 0 Å². The highest BCUT2D eigenvalue weighted by Crippen LogP contribution is 2.34. The molecule has 4 heteroatoms. The summed E-state index contributed by atoms with van der Waals surface area (Å²) >= 11 is 0. The minimum atomic E-state index is 0.439. The highest BCUT2D eigenvalue weighted by molar-refractivity contribution is 5.76. The summed E-state index contributed by atoms with van der Waals surface area (Å²) in [6.45, 7) is 6.37. The largest absolute Gasteiger partial charge is 0.496 e. The van der Waals surface area contributed by atoms with Crippen molar-refractivity contribution in [1.82, 2.24) is 5.16 Å². The molecular weight excluding hydrogens is 252 g/mol. The second-order valence-electron chi connectivity index (χ2n) is 5.27. The van der Waals surface area contributed by atoms with Crippen LogP contribution in [0.25, 0.3) is 11.1 Å². The molecule has 108 valence electrons. The summed E-state index contributed by atoms with van der Waals surface area (Å²) in [4.78, 5) is 0. The maximum atomic E-state index is 5.97. The topological polar surface area (TPSA) is 61.3 Å². The van der Waals surface area contributed by atoms with Crippen molar-refractivity contribution < 1.29 is 9.26 Å². The van der Waals surface area contributed by atoms with Gasteiger partial charge in [-0.25, -0.2) is 0 Å². The smallest absolute Gasteiger partial charge is 0.175 e. The molecule has 1 heterocycles. The van der Waals surface area contributed by atoms with Gasteiger partial charge in [0.2, 0.25) is 0 Å². The fourth-order valence-electron chi connectivity index (χ4n) is 2.22. The molecule has 0 aliphatic rings. The number of aryl methyl sites for hydroxylation is 1. The molecule has 0 aliphatic heterocycles. The number of hydrogen-bond donors (Lipinski definition) is 1. The molecule has 0 radical (unpaired) electrons. The average molecular weight is 274 g/mol. The number of benzene rings is 1. The Hall–Kier alpha value is -1.97. The molecule has 0 bridgehead atoms. The first kappa shape index (κ1) is 14.4. The van der Waals surface area contributed by atoms with Crippen LogP contribution in [-0.4, -0.2) is 12.3 Å². The number of hydrogen-bond acceptors (Lipinski definition) is 4. The van der Waals surface area contributed by atoms with Crippen LogP contribution in [0.1, 0.15) is 31.6 Å². The van der Waals surface area contributed by atoms with E-state index in [0.29, 0.717) is 11.7 Å². The maximum Gasteiger partial charge on any atom is 0.175 e. The SMILES string of the molecule is CCC(C)Cc1onc(N)c1-c1ccc(C)c(OC)c1. The Morgan fingerprint density at radius 3 is 2.80 bits per heavy atom. The molecule has 0 saturated carbocycles. The van der Waals surface area contributed by atoms with Crippen LogP contribution < -0.4 is 10.5 Å². The minimum Gasteiger partial charge on any atom is -0.496 e. The molecule has 1 unspecified atom stereocenters. The Labute approximate surface area is 119 Å². The first-order valence-corrected chi connectivity index (χ1v) is 6.95. The van der Waals surface area contributed by atoms with Crippen molar-refractivity contribution in [3.8, 4) is 16.9 Å². The highest BCUT2D eigenvalue weighted by Gasteiger charge is 2.18. The van der Waals surface area contributed by atoms with Crippen molar-refractivity contribution in [3.63, 3.8) is 0 Å². The number of nitrogens with zero attached hydrogens (tertiary/aromatic N) is 1. The van der Waals surface area contributed by atoms with Gasteiger partial charge < -0.3 is 15.0 Å². The minimum absolute atomic E-state index is 0.439. The molecule has 2 N–H and O–H groups in total. The third-order valence-corrected chi connectivity index (χ3v) is 3.72. The van der Waals surface area contributed by atoms with Crippen LogP contribution >= 0.6 is 0 Å². The van der Waals surface area contributed by atoms with E-state index in [4.69, 9.17) is 15.0 Å². The van der Waals surface area contributed by atoms with E-state index in [1.165, 1.54) is 0 Å². The van der Waals surface area contributed by atoms with Crippen LogP contribution in [0.3, 0.4) is 0 Å². The lowest BCUT2D eigenvalue weighted by Crippen LogP contribution is -1.99. The lowest BCUT2D eigenvalue weighted by Gasteiger charge is -2.10. The second-order valence-corrected chi connectivity index (χ2v) is 5.27. The molecule has 0 amide bonds. The van der Waals surface area contributed by atoms with E-state index in [0.717, 1.165) is 41.0 Å². The van der Waals surface area contributed by atoms with Gasteiger partial charge in [0.25, 0.3) is 0 Å². The van der Waals surface area contributed by atoms with Gasteiger partial charge in [-0.05, 0) is 30.0 Å². The Morgan fingerprint density at radius 2 is 2.15 bits per heavy atom. The number of aromatic nitrogens is 1. The summed E-state index contributed by atoms with van der Waals surface area (Å²) in [5.41, 5.74) is 8.95. The predicted molar refractivity (Wildman–Crippen MR) is 80.8 cm³/mol. The third-order valence-electron chi connectivity index (χ3n) is 3.72. The number of nitrogen functional groups attached to an aromatic ring is 1. The van der Waals surface area contributed by atoms with Gasteiger partial charge in [-0.2, -0.15) is 0 Å². The summed E-state index contributed by atoms with van der Waals surface area (Å²) in [6, 6.07) is 6.03. The maximum absolute atomic E-state index is 5.97. The van der Waals surface area contributed by atoms with E-state index >= 15 is 0 Å². The molecule has 0 spiro atoms. The molecular formula is C16H22N2O2. The first-order valence-electron chi connectivity index (χ1n) is 6.95. The molecule has 0 saturated heterocycles. The number of ether oxygens (including phenoxy) is 1. The molecule has 2 rings (SSSR count). The normalized spacial score (nSPS) is 12.4. The van der Waals surface area contributed by atoms with Gasteiger partial charge in [-0.3, -0.25) is 0 Å². The molecule has 1 aromatic heterocycles. The van der Waals surface area contributed by atoms with Crippen molar-refractivity contribution in [2.75, 3.05) is 12.8 Å². The fraction of sp³-hybridized carbons (Fsp3) is 0.438. The van der Waals surface area contributed by atoms with E-state index in [1.54, 1.807) is 7.11 Å². The van der Waals surface area contributed by atoms with E-state index in [1.807, 2.05) is 25.1 Å². The summed E-state index contributed by atoms with van der Waals surface area (Å²) in [5, 5.41) is 3.92. The quantitative estimate of drug-likeness (QED) is 0.900. The number of methoxy groups -OCH3 is 1. The van der Waals surface area contributed by atoms with Crippen LogP contribution in [-0.2, 0) is 6.42 Å². The van der Waals surface area contributed by atoms with Crippen molar-refractivity contribution in [2.24, 2.45) is 5.92 Å². The molecule has 20 heavy (non-hydrogen) atoms. The van der Waals surface area contributed by atoms with Gasteiger partial charge in [-0.15, -0.1) is 0 Å². The fourth-order valence-corrected chi connectivity index (χ4v) is 2.22. The van der Waals surface area contributed by atoms with Gasteiger partial charge in [-0.1, -0.05) is 37.6 Å². The Morgan fingerprint density at radius 1 is 1.40 bits per heavy atom. The van der Waals surface area contributed by atoms with E-state index in [-0.39, 0.29) is 0 Å². The van der Waals surface area contributed by atoms with Crippen molar-refractivity contribution in [3.05, 3.63) is 29.5 Å². The highest BCUT2D eigenvalue weighted by atomic mass is 16.5. The Balaban J connectivity index is 2.44. The molecule has 0 fully saturated rings. The third kappa shape index (κ3) is 2.79. The van der Waals surface area contributed by atoms with Gasteiger partial charge in [0, 0.05) is 6.42 Å².